The third kappa shape index (κ3) is 4.29. The fourth-order valence-electron chi connectivity index (χ4n) is 1.89. The molecule has 0 aliphatic carbocycles. The zero-order valence-corrected chi connectivity index (χ0v) is 14.0. The van der Waals surface area contributed by atoms with Gasteiger partial charge in [0.1, 0.15) is 0 Å². The third-order valence-electron chi connectivity index (χ3n) is 3.17. The van der Waals surface area contributed by atoms with Gasteiger partial charge in [-0.25, -0.2) is 0 Å². The lowest BCUT2D eigenvalue weighted by Gasteiger charge is -2.10. The molecule has 0 aliphatic rings. The Morgan fingerprint density at radius 3 is 2.48 bits per heavy atom. The Labute approximate surface area is 133 Å². The Balaban J connectivity index is 1.99. The topological polar surface area (TPSA) is 36.2 Å². The van der Waals surface area contributed by atoms with Crippen molar-refractivity contribution in [2.45, 2.75) is 13.5 Å². The van der Waals surface area contributed by atoms with Crippen LogP contribution in [0.5, 0.6) is 0 Å². The van der Waals surface area contributed by atoms with E-state index >= 15 is 0 Å². The number of pyridine rings is 1. The Morgan fingerprint density at radius 1 is 1.24 bits per heavy atom. The molecule has 4 nitrogen and oxygen atoms in total. The van der Waals surface area contributed by atoms with Crippen molar-refractivity contribution < 1.29 is 9.36 Å². The summed E-state index contributed by atoms with van der Waals surface area (Å²) in [6, 6.07) is 9.75. The number of hydrogen-bond acceptors (Lipinski definition) is 2. The molecular formula is C16H19BrN3O+. The van der Waals surface area contributed by atoms with Crippen molar-refractivity contribution in [1.29, 1.82) is 0 Å². The molecule has 1 amide bonds. The molecule has 1 heterocycles. The second kappa shape index (κ2) is 6.72. The molecule has 2 rings (SSSR count). The highest BCUT2D eigenvalue weighted by Crippen LogP contribution is 2.20. The van der Waals surface area contributed by atoms with Gasteiger partial charge in [0.05, 0.1) is 0 Å². The summed E-state index contributed by atoms with van der Waals surface area (Å²) in [5.74, 6) is -0.0478. The fourth-order valence-corrected chi connectivity index (χ4v) is 2.27. The van der Waals surface area contributed by atoms with E-state index in [1.54, 1.807) is 0 Å². The van der Waals surface area contributed by atoms with Gasteiger partial charge in [0.25, 0.3) is 5.91 Å². The number of hydrogen-bond donors (Lipinski definition) is 1. The van der Waals surface area contributed by atoms with Crippen LogP contribution in [0.15, 0.2) is 47.2 Å². The zero-order chi connectivity index (χ0) is 15.4. The lowest BCUT2D eigenvalue weighted by Crippen LogP contribution is -2.39. The highest BCUT2D eigenvalue weighted by atomic mass is 79.9. The van der Waals surface area contributed by atoms with Gasteiger partial charge in [-0.15, -0.1) is 0 Å². The maximum Gasteiger partial charge on any atom is 0.290 e. The van der Waals surface area contributed by atoms with Crippen molar-refractivity contribution in [3.05, 3.63) is 52.8 Å². The quantitative estimate of drug-likeness (QED) is 0.862. The summed E-state index contributed by atoms with van der Waals surface area (Å²) in [5.41, 5.74) is 3.04. The molecule has 0 atom stereocenters. The van der Waals surface area contributed by atoms with E-state index < -0.39 is 0 Å². The van der Waals surface area contributed by atoms with Gasteiger partial charge in [-0.1, -0.05) is 22.0 Å². The van der Waals surface area contributed by atoms with Crippen LogP contribution in [0.25, 0.3) is 0 Å². The van der Waals surface area contributed by atoms with Crippen LogP contribution in [-0.4, -0.2) is 20.0 Å². The maximum absolute atomic E-state index is 12.0. The number of aromatic nitrogens is 1. The van der Waals surface area contributed by atoms with Gasteiger partial charge in [-0.2, -0.15) is 4.57 Å². The molecule has 0 bridgehead atoms. The summed E-state index contributed by atoms with van der Waals surface area (Å²) in [5, 5.41) is 2.90. The summed E-state index contributed by atoms with van der Waals surface area (Å²) in [6.07, 6.45) is 3.81. The first-order valence-electron chi connectivity index (χ1n) is 6.68. The number of carbonyl (C=O) groups is 1. The van der Waals surface area contributed by atoms with Gasteiger partial charge in [0.15, 0.2) is 12.4 Å². The lowest BCUT2D eigenvalue weighted by molar-refractivity contribution is -0.684. The molecule has 0 radical (unpaired) electrons. The minimum atomic E-state index is -0.0478. The molecule has 0 saturated carbocycles. The number of rotatable bonds is 4. The summed E-state index contributed by atoms with van der Waals surface area (Å²) < 4.78 is 2.84. The molecule has 0 saturated heterocycles. The average Bonchev–Trinajstić information content (AvgIpc) is 2.43. The first kappa shape index (κ1) is 15.5. The molecule has 2 aromatic rings. The average molecular weight is 349 g/mol. The number of aryl methyl sites for hydroxylation is 1. The molecule has 0 unspecified atom stereocenters. The van der Waals surface area contributed by atoms with Crippen molar-refractivity contribution >= 4 is 33.2 Å². The highest BCUT2D eigenvalue weighted by Gasteiger charge is 2.10. The zero-order valence-electron chi connectivity index (χ0n) is 12.4. The van der Waals surface area contributed by atoms with E-state index in [0.29, 0.717) is 6.54 Å². The molecule has 21 heavy (non-hydrogen) atoms. The summed E-state index contributed by atoms with van der Waals surface area (Å²) in [4.78, 5) is 14.1. The number of benzene rings is 1. The van der Waals surface area contributed by atoms with E-state index in [-0.39, 0.29) is 5.91 Å². The molecule has 1 N–H and O–H groups in total. The van der Waals surface area contributed by atoms with Crippen LogP contribution in [-0.2, 0) is 11.3 Å². The molecule has 1 aromatic heterocycles. The molecule has 0 aliphatic heterocycles. The third-order valence-corrected chi connectivity index (χ3v) is 4.03. The SMILES string of the molecule is Cc1ccc(NC(=O)C[n+]2ccc(N(C)C)cc2)cc1Br. The fraction of sp³-hybridized carbons (Fsp3) is 0.250. The van der Waals surface area contributed by atoms with Gasteiger partial charge in [-0.3, -0.25) is 4.79 Å². The van der Waals surface area contributed by atoms with Gasteiger partial charge in [-0.05, 0) is 24.6 Å². The highest BCUT2D eigenvalue weighted by molar-refractivity contribution is 9.10. The number of nitrogens with zero attached hydrogens (tertiary/aromatic N) is 2. The minimum Gasteiger partial charge on any atom is -0.377 e. The van der Waals surface area contributed by atoms with Crippen LogP contribution in [0.1, 0.15) is 5.56 Å². The van der Waals surface area contributed by atoms with Crippen molar-refractivity contribution in [2.24, 2.45) is 0 Å². The number of halogens is 1. The van der Waals surface area contributed by atoms with E-state index in [4.69, 9.17) is 0 Å². The number of amides is 1. The van der Waals surface area contributed by atoms with Crippen molar-refractivity contribution in [3.63, 3.8) is 0 Å². The molecule has 110 valence electrons. The normalized spacial score (nSPS) is 10.3. The molecule has 1 aromatic carbocycles. The van der Waals surface area contributed by atoms with Gasteiger partial charge in [0, 0.05) is 42.1 Å². The molecule has 5 heteroatoms. The minimum absolute atomic E-state index is 0.0478. The first-order valence-corrected chi connectivity index (χ1v) is 7.47. The number of carbonyl (C=O) groups excluding carboxylic acids is 1. The van der Waals surface area contributed by atoms with Gasteiger partial charge < -0.3 is 10.2 Å². The second-order valence-electron chi connectivity index (χ2n) is 5.14. The van der Waals surface area contributed by atoms with Crippen LogP contribution in [0.3, 0.4) is 0 Å². The predicted molar refractivity (Wildman–Crippen MR) is 88.5 cm³/mol. The largest absolute Gasteiger partial charge is 0.377 e. The summed E-state index contributed by atoms with van der Waals surface area (Å²) >= 11 is 3.46. The number of nitrogens with one attached hydrogen (secondary N) is 1. The van der Waals surface area contributed by atoms with Crippen LogP contribution < -0.4 is 14.8 Å². The van der Waals surface area contributed by atoms with Crippen molar-refractivity contribution in [3.8, 4) is 0 Å². The maximum atomic E-state index is 12.0. The Hall–Kier alpha value is -1.88. The van der Waals surface area contributed by atoms with Crippen LogP contribution in [0.2, 0.25) is 0 Å². The molecule has 0 spiro atoms. The van der Waals surface area contributed by atoms with E-state index in [2.05, 4.69) is 21.2 Å². The van der Waals surface area contributed by atoms with E-state index in [1.165, 1.54) is 0 Å². The molecule has 0 fully saturated rings. The summed E-state index contributed by atoms with van der Waals surface area (Å²) in [6.45, 7) is 2.30. The first-order chi connectivity index (χ1) is 9.95. The lowest BCUT2D eigenvalue weighted by atomic mass is 10.2. The van der Waals surface area contributed by atoms with Crippen LogP contribution >= 0.6 is 15.9 Å². The Morgan fingerprint density at radius 2 is 1.90 bits per heavy atom. The second-order valence-corrected chi connectivity index (χ2v) is 5.99. The molecular weight excluding hydrogens is 330 g/mol. The van der Waals surface area contributed by atoms with Crippen LogP contribution in [0, 0.1) is 6.92 Å². The van der Waals surface area contributed by atoms with E-state index in [9.17, 15) is 4.79 Å². The summed E-state index contributed by atoms with van der Waals surface area (Å²) in [7, 11) is 3.98. The number of anilines is 2. The Kier molecular flexibility index (Phi) is 4.96. The standard InChI is InChI=1S/C16H18BrN3O/c1-12-4-5-13(10-15(12)17)18-16(21)11-20-8-6-14(7-9-20)19(2)3/h4-10H,11H2,1-3H3/p+1. The van der Waals surface area contributed by atoms with Crippen molar-refractivity contribution in [1.82, 2.24) is 0 Å². The van der Waals surface area contributed by atoms with Gasteiger partial charge >= 0.3 is 0 Å². The monoisotopic (exact) mass is 348 g/mol. The van der Waals surface area contributed by atoms with Crippen molar-refractivity contribution in [2.75, 3.05) is 24.3 Å². The van der Waals surface area contributed by atoms with E-state index in [1.807, 2.05) is 73.2 Å². The van der Waals surface area contributed by atoms with Crippen LogP contribution in [0.4, 0.5) is 11.4 Å². The Bertz CT molecular complexity index is 638. The van der Waals surface area contributed by atoms with E-state index in [0.717, 1.165) is 21.4 Å². The smallest absolute Gasteiger partial charge is 0.290 e. The van der Waals surface area contributed by atoms with Gasteiger partial charge in [0.2, 0.25) is 6.54 Å². The predicted octanol–water partition coefficient (Wildman–Crippen LogP) is 2.75.